The molecule has 2 aliphatic heterocycles. The molecule has 2 fully saturated rings. The highest BCUT2D eigenvalue weighted by Gasteiger charge is 2.39. The van der Waals surface area contributed by atoms with Crippen molar-refractivity contribution >= 4 is 11.4 Å². The van der Waals surface area contributed by atoms with E-state index in [2.05, 4.69) is 29.0 Å². The van der Waals surface area contributed by atoms with Crippen molar-refractivity contribution in [3.63, 3.8) is 0 Å². The molecule has 104 valence electrons. The molecule has 1 aromatic carbocycles. The fraction of sp³-hybridized carbons (Fsp3) is 0.600. The molecule has 2 saturated heterocycles. The molecular weight excluding hydrogens is 238 g/mol. The first-order valence-electron chi connectivity index (χ1n) is 7.10. The fourth-order valence-electron chi connectivity index (χ4n) is 3.29. The number of likely N-dealkylation sites (N-methyl/N-ethyl adjacent to an activating group) is 1. The molecule has 19 heavy (non-hydrogen) atoms. The fourth-order valence-corrected chi connectivity index (χ4v) is 3.29. The predicted molar refractivity (Wildman–Crippen MR) is 78.5 cm³/mol. The Balaban J connectivity index is 1.75. The Labute approximate surface area is 115 Å². The van der Waals surface area contributed by atoms with Gasteiger partial charge in [-0.1, -0.05) is 0 Å². The van der Waals surface area contributed by atoms with Gasteiger partial charge in [0.2, 0.25) is 0 Å². The van der Waals surface area contributed by atoms with Gasteiger partial charge in [-0.15, -0.1) is 0 Å². The molecule has 2 heterocycles. The molecule has 2 aliphatic rings. The third-order valence-electron chi connectivity index (χ3n) is 4.24. The molecule has 0 saturated carbocycles. The van der Waals surface area contributed by atoms with Crippen LogP contribution in [0.5, 0.6) is 0 Å². The van der Waals surface area contributed by atoms with Gasteiger partial charge < -0.3 is 20.3 Å². The Morgan fingerprint density at radius 2 is 1.95 bits per heavy atom. The maximum absolute atomic E-state index is 6.14. The predicted octanol–water partition coefficient (Wildman–Crippen LogP) is 1.57. The van der Waals surface area contributed by atoms with Crippen LogP contribution in [0.1, 0.15) is 12.8 Å². The Bertz CT molecular complexity index is 430. The molecule has 0 aromatic heterocycles. The van der Waals surface area contributed by atoms with Crippen LogP contribution in [0.15, 0.2) is 24.3 Å². The van der Waals surface area contributed by atoms with E-state index in [1.165, 1.54) is 18.5 Å². The Hall–Kier alpha value is -1.26. The minimum atomic E-state index is 0.0205. The van der Waals surface area contributed by atoms with Crippen LogP contribution in [-0.4, -0.2) is 50.3 Å². The van der Waals surface area contributed by atoms with Crippen LogP contribution in [0.4, 0.5) is 11.4 Å². The highest BCUT2D eigenvalue weighted by atomic mass is 16.5. The Kier molecular flexibility index (Phi) is 3.37. The van der Waals surface area contributed by atoms with E-state index in [0.29, 0.717) is 0 Å². The van der Waals surface area contributed by atoms with Crippen LogP contribution in [0, 0.1) is 0 Å². The van der Waals surface area contributed by atoms with Crippen molar-refractivity contribution in [1.29, 1.82) is 0 Å². The first-order valence-corrected chi connectivity index (χ1v) is 7.10. The second kappa shape index (κ2) is 5.02. The van der Waals surface area contributed by atoms with Gasteiger partial charge >= 0.3 is 0 Å². The number of morpholine rings is 1. The molecule has 1 spiro atoms. The molecule has 2 N–H and O–H groups in total. The number of piperidine rings is 1. The minimum absolute atomic E-state index is 0.0205. The summed E-state index contributed by atoms with van der Waals surface area (Å²) in [7, 11) is 2.19. The van der Waals surface area contributed by atoms with E-state index in [1.807, 2.05) is 12.1 Å². The quantitative estimate of drug-likeness (QED) is 0.779. The van der Waals surface area contributed by atoms with Crippen LogP contribution in [0.25, 0.3) is 0 Å². The zero-order chi connectivity index (χ0) is 13.3. The zero-order valence-corrected chi connectivity index (χ0v) is 11.6. The lowest BCUT2D eigenvalue weighted by Crippen LogP contribution is -2.59. The number of nitrogens with two attached hydrogens (primary N) is 1. The summed E-state index contributed by atoms with van der Waals surface area (Å²) in [6.45, 7) is 5.04. The molecule has 0 bridgehead atoms. The SMILES string of the molecule is CN1CCOC2(CCCN(c3ccc(N)cc3)C2)C1. The topological polar surface area (TPSA) is 41.7 Å². The summed E-state index contributed by atoms with van der Waals surface area (Å²) >= 11 is 0. The monoisotopic (exact) mass is 261 g/mol. The first kappa shape index (κ1) is 12.8. The lowest BCUT2D eigenvalue weighted by atomic mass is 9.90. The van der Waals surface area contributed by atoms with E-state index in [4.69, 9.17) is 10.5 Å². The second-order valence-electron chi connectivity index (χ2n) is 5.89. The number of hydrogen-bond acceptors (Lipinski definition) is 4. The highest BCUT2D eigenvalue weighted by Crippen LogP contribution is 2.31. The number of benzene rings is 1. The average Bonchev–Trinajstić information content (AvgIpc) is 2.39. The van der Waals surface area contributed by atoms with Gasteiger partial charge in [-0.3, -0.25) is 0 Å². The summed E-state index contributed by atoms with van der Waals surface area (Å²) in [6.07, 6.45) is 2.36. The van der Waals surface area contributed by atoms with Gasteiger partial charge in [0.1, 0.15) is 0 Å². The molecule has 1 aromatic rings. The van der Waals surface area contributed by atoms with Gasteiger partial charge in [-0.25, -0.2) is 0 Å². The van der Waals surface area contributed by atoms with Gasteiger partial charge in [0.15, 0.2) is 0 Å². The maximum atomic E-state index is 6.14. The highest BCUT2D eigenvalue weighted by molar-refractivity contribution is 5.53. The van der Waals surface area contributed by atoms with Crippen LogP contribution in [-0.2, 0) is 4.74 Å². The van der Waals surface area contributed by atoms with Gasteiger partial charge in [0.25, 0.3) is 0 Å². The number of anilines is 2. The lowest BCUT2D eigenvalue weighted by Gasteiger charge is -2.48. The molecule has 4 heteroatoms. The molecule has 0 amide bonds. The van der Waals surface area contributed by atoms with Gasteiger partial charge in [0.05, 0.1) is 12.2 Å². The normalized spacial score (nSPS) is 28.8. The average molecular weight is 261 g/mol. The molecule has 0 radical (unpaired) electrons. The van der Waals surface area contributed by atoms with Crippen LogP contribution >= 0.6 is 0 Å². The van der Waals surface area contributed by atoms with E-state index in [-0.39, 0.29) is 5.60 Å². The van der Waals surface area contributed by atoms with Crippen molar-refractivity contribution in [3.05, 3.63) is 24.3 Å². The largest absolute Gasteiger partial charge is 0.399 e. The third-order valence-corrected chi connectivity index (χ3v) is 4.24. The van der Waals surface area contributed by atoms with Gasteiger partial charge in [0, 0.05) is 37.6 Å². The van der Waals surface area contributed by atoms with Crippen molar-refractivity contribution < 1.29 is 4.74 Å². The maximum Gasteiger partial charge on any atom is 0.0983 e. The number of nitrogen functional groups attached to an aromatic ring is 1. The lowest BCUT2D eigenvalue weighted by molar-refractivity contribution is -0.108. The van der Waals surface area contributed by atoms with Crippen LogP contribution < -0.4 is 10.6 Å². The molecular formula is C15H23N3O. The van der Waals surface area contributed by atoms with Gasteiger partial charge in [-0.05, 0) is 44.2 Å². The van der Waals surface area contributed by atoms with E-state index >= 15 is 0 Å². The molecule has 0 aliphatic carbocycles. The number of nitrogens with zero attached hydrogens (tertiary/aromatic N) is 2. The van der Waals surface area contributed by atoms with Crippen molar-refractivity contribution in [1.82, 2.24) is 4.90 Å². The zero-order valence-electron chi connectivity index (χ0n) is 11.6. The standard InChI is InChI=1S/C15H23N3O/c1-17-9-10-19-15(11-17)7-2-8-18(12-15)14-5-3-13(16)4-6-14/h3-6H,2,7-12,16H2,1H3. The minimum Gasteiger partial charge on any atom is -0.399 e. The van der Waals surface area contributed by atoms with E-state index in [0.717, 1.165) is 38.5 Å². The van der Waals surface area contributed by atoms with Crippen LogP contribution in [0.2, 0.25) is 0 Å². The number of hydrogen-bond donors (Lipinski definition) is 1. The van der Waals surface area contributed by atoms with Gasteiger partial charge in [-0.2, -0.15) is 0 Å². The van der Waals surface area contributed by atoms with Crippen LogP contribution in [0.3, 0.4) is 0 Å². The van der Waals surface area contributed by atoms with E-state index in [9.17, 15) is 0 Å². The van der Waals surface area contributed by atoms with E-state index < -0.39 is 0 Å². The third kappa shape index (κ3) is 2.69. The summed E-state index contributed by atoms with van der Waals surface area (Å²) < 4.78 is 6.14. The van der Waals surface area contributed by atoms with Crippen molar-refractivity contribution in [2.75, 3.05) is 50.5 Å². The summed E-state index contributed by atoms with van der Waals surface area (Å²) in [6, 6.07) is 8.18. The van der Waals surface area contributed by atoms with Crippen molar-refractivity contribution in [2.45, 2.75) is 18.4 Å². The Morgan fingerprint density at radius 3 is 2.68 bits per heavy atom. The molecule has 3 rings (SSSR count). The number of ether oxygens (including phenoxy) is 1. The van der Waals surface area contributed by atoms with E-state index in [1.54, 1.807) is 0 Å². The summed E-state index contributed by atoms with van der Waals surface area (Å²) in [5, 5.41) is 0. The Morgan fingerprint density at radius 1 is 1.16 bits per heavy atom. The molecule has 1 atom stereocenters. The smallest absolute Gasteiger partial charge is 0.0983 e. The first-order chi connectivity index (χ1) is 9.17. The number of rotatable bonds is 1. The summed E-state index contributed by atoms with van der Waals surface area (Å²) in [5.74, 6) is 0. The second-order valence-corrected chi connectivity index (χ2v) is 5.89. The summed E-state index contributed by atoms with van der Waals surface area (Å²) in [4.78, 5) is 4.82. The molecule has 4 nitrogen and oxygen atoms in total. The molecule has 1 unspecified atom stereocenters. The van der Waals surface area contributed by atoms with Crippen molar-refractivity contribution in [3.8, 4) is 0 Å². The summed E-state index contributed by atoms with van der Waals surface area (Å²) in [5.41, 5.74) is 7.86. The van der Waals surface area contributed by atoms with Crippen molar-refractivity contribution in [2.24, 2.45) is 0 Å².